The molecule has 1 aromatic carbocycles. The van der Waals surface area contributed by atoms with E-state index in [2.05, 4.69) is 11.0 Å². The van der Waals surface area contributed by atoms with Crippen molar-refractivity contribution in [2.24, 2.45) is 0 Å². The van der Waals surface area contributed by atoms with Crippen LogP contribution in [0.3, 0.4) is 0 Å². The number of β-amino-alcohol motifs (C(OH)–C–C–N with tert-alkyl or cyclic N) is 1. The Morgan fingerprint density at radius 2 is 2.33 bits per heavy atom. The second kappa shape index (κ2) is 3.56. The van der Waals surface area contributed by atoms with Gasteiger partial charge in [-0.2, -0.15) is 5.26 Å². The van der Waals surface area contributed by atoms with E-state index >= 15 is 0 Å². The summed E-state index contributed by atoms with van der Waals surface area (Å²) >= 11 is 0. The maximum atomic E-state index is 9.85. The summed E-state index contributed by atoms with van der Waals surface area (Å²) in [5.74, 6) is 0. The number of nitriles is 1. The lowest BCUT2D eigenvalue weighted by molar-refractivity contribution is 0.0839. The first-order valence-corrected chi connectivity index (χ1v) is 5.08. The second-order valence-corrected chi connectivity index (χ2v) is 4.33. The predicted molar refractivity (Wildman–Crippen MR) is 58.6 cm³/mol. The molecule has 1 fully saturated rings. The second-order valence-electron chi connectivity index (χ2n) is 4.33. The SMILES string of the molecule is CC1(O)CCN(c2cccc(C#N)c2)C1. The van der Waals surface area contributed by atoms with Crippen molar-refractivity contribution in [3.8, 4) is 6.07 Å². The molecule has 0 spiro atoms. The van der Waals surface area contributed by atoms with Crippen molar-refractivity contribution in [2.45, 2.75) is 18.9 Å². The Balaban J connectivity index is 2.21. The van der Waals surface area contributed by atoms with Gasteiger partial charge in [-0.3, -0.25) is 0 Å². The van der Waals surface area contributed by atoms with Crippen LogP contribution in [0.25, 0.3) is 0 Å². The van der Waals surface area contributed by atoms with Gasteiger partial charge in [0.05, 0.1) is 17.2 Å². The number of benzene rings is 1. The van der Waals surface area contributed by atoms with E-state index in [1.54, 1.807) is 6.07 Å². The molecule has 0 aromatic heterocycles. The molecule has 1 N–H and O–H groups in total. The molecule has 3 nitrogen and oxygen atoms in total. The number of anilines is 1. The average molecular weight is 202 g/mol. The van der Waals surface area contributed by atoms with E-state index in [1.807, 2.05) is 25.1 Å². The monoisotopic (exact) mass is 202 g/mol. The van der Waals surface area contributed by atoms with Crippen LogP contribution in [0.2, 0.25) is 0 Å². The molecule has 2 rings (SSSR count). The van der Waals surface area contributed by atoms with Crippen molar-refractivity contribution < 1.29 is 5.11 Å². The quantitative estimate of drug-likeness (QED) is 0.751. The fourth-order valence-corrected chi connectivity index (χ4v) is 1.94. The lowest BCUT2D eigenvalue weighted by atomic mass is 10.1. The molecule has 1 heterocycles. The zero-order valence-electron chi connectivity index (χ0n) is 8.77. The van der Waals surface area contributed by atoms with Gasteiger partial charge in [-0.15, -0.1) is 0 Å². The summed E-state index contributed by atoms with van der Waals surface area (Å²) in [6.45, 7) is 3.34. The Bertz CT molecular complexity index is 406. The first-order valence-electron chi connectivity index (χ1n) is 5.08. The highest BCUT2D eigenvalue weighted by Gasteiger charge is 2.31. The lowest BCUT2D eigenvalue weighted by Gasteiger charge is -2.20. The third-order valence-electron chi connectivity index (χ3n) is 2.79. The van der Waals surface area contributed by atoms with Crippen LogP contribution in [-0.4, -0.2) is 23.8 Å². The highest BCUT2D eigenvalue weighted by atomic mass is 16.3. The molecule has 1 aromatic rings. The fourth-order valence-electron chi connectivity index (χ4n) is 1.94. The average Bonchev–Trinajstić information content (AvgIpc) is 2.59. The third-order valence-corrected chi connectivity index (χ3v) is 2.79. The van der Waals surface area contributed by atoms with Crippen LogP contribution in [0.15, 0.2) is 24.3 Å². The minimum Gasteiger partial charge on any atom is -0.388 e. The molecular formula is C12H14N2O. The Morgan fingerprint density at radius 3 is 2.93 bits per heavy atom. The summed E-state index contributed by atoms with van der Waals surface area (Å²) in [6.07, 6.45) is 0.782. The number of aliphatic hydroxyl groups is 1. The van der Waals surface area contributed by atoms with E-state index in [0.29, 0.717) is 12.1 Å². The number of hydrogen-bond acceptors (Lipinski definition) is 3. The van der Waals surface area contributed by atoms with Crippen molar-refractivity contribution in [3.05, 3.63) is 29.8 Å². The maximum absolute atomic E-state index is 9.85. The van der Waals surface area contributed by atoms with Gasteiger partial charge < -0.3 is 10.0 Å². The molecule has 1 aliphatic rings. The minimum atomic E-state index is -0.595. The van der Waals surface area contributed by atoms with Crippen LogP contribution in [0.1, 0.15) is 18.9 Å². The van der Waals surface area contributed by atoms with Crippen molar-refractivity contribution in [1.29, 1.82) is 5.26 Å². The third kappa shape index (κ3) is 2.11. The number of nitrogens with zero attached hydrogens (tertiary/aromatic N) is 2. The summed E-state index contributed by atoms with van der Waals surface area (Å²) < 4.78 is 0. The van der Waals surface area contributed by atoms with E-state index in [4.69, 9.17) is 5.26 Å². The van der Waals surface area contributed by atoms with Gasteiger partial charge in [0.25, 0.3) is 0 Å². The van der Waals surface area contributed by atoms with E-state index in [9.17, 15) is 5.11 Å². The first-order chi connectivity index (χ1) is 7.11. The van der Waals surface area contributed by atoms with Crippen LogP contribution in [-0.2, 0) is 0 Å². The molecule has 78 valence electrons. The smallest absolute Gasteiger partial charge is 0.0992 e. The van der Waals surface area contributed by atoms with Gasteiger partial charge in [0.15, 0.2) is 0 Å². The molecule has 1 atom stereocenters. The minimum absolute atomic E-state index is 0.595. The van der Waals surface area contributed by atoms with Gasteiger partial charge >= 0.3 is 0 Å². The van der Waals surface area contributed by atoms with E-state index in [0.717, 1.165) is 18.7 Å². The number of rotatable bonds is 1. The van der Waals surface area contributed by atoms with E-state index < -0.39 is 5.60 Å². The van der Waals surface area contributed by atoms with Crippen LogP contribution in [0, 0.1) is 11.3 Å². The van der Waals surface area contributed by atoms with Gasteiger partial charge in [0, 0.05) is 18.8 Å². The van der Waals surface area contributed by atoms with Gasteiger partial charge in [-0.25, -0.2) is 0 Å². The molecule has 15 heavy (non-hydrogen) atoms. The van der Waals surface area contributed by atoms with Crippen molar-refractivity contribution in [2.75, 3.05) is 18.0 Å². The highest BCUT2D eigenvalue weighted by molar-refractivity contribution is 5.52. The molecule has 0 bridgehead atoms. The Labute approximate surface area is 89.6 Å². The Kier molecular flexibility index (Phi) is 2.37. The zero-order chi connectivity index (χ0) is 10.9. The van der Waals surface area contributed by atoms with E-state index in [1.165, 1.54) is 0 Å². The standard InChI is InChI=1S/C12H14N2O/c1-12(15)5-6-14(9-12)11-4-2-3-10(7-11)8-13/h2-4,7,15H,5-6,9H2,1H3. The van der Waals surface area contributed by atoms with Gasteiger partial charge in [0.1, 0.15) is 0 Å². The molecule has 3 heteroatoms. The van der Waals surface area contributed by atoms with E-state index in [-0.39, 0.29) is 0 Å². The van der Waals surface area contributed by atoms with Gasteiger partial charge in [-0.1, -0.05) is 6.07 Å². The Hall–Kier alpha value is -1.53. The van der Waals surface area contributed by atoms with Gasteiger partial charge in [-0.05, 0) is 31.5 Å². The van der Waals surface area contributed by atoms with Gasteiger partial charge in [0.2, 0.25) is 0 Å². The lowest BCUT2D eigenvalue weighted by Crippen LogP contribution is -2.29. The highest BCUT2D eigenvalue weighted by Crippen LogP contribution is 2.26. The summed E-state index contributed by atoms with van der Waals surface area (Å²) in [5, 5.41) is 18.6. The molecule has 1 aliphatic heterocycles. The van der Waals surface area contributed by atoms with Crippen LogP contribution in [0.5, 0.6) is 0 Å². The van der Waals surface area contributed by atoms with Crippen LogP contribution in [0.4, 0.5) is 5.69 Å². The fraction of sp³-hybridized carbons (Fsp3) is 0.417. The summed E-state index contributed by atoms with van der Waals surface area (Å²) in [5.41, 5.74) is 1.09. The zero-order valence-corrected chi connectivity index (χ0v) is 8.77. The molecule has 1 saturated heterocycles. The molecule has 0 amide bonds. The summed E-state index contributed by atoms with van der Waals surface area (Å²) in [4.78, 5) is 2.11. The first kappa shape index (κ1) is 10.0. The largest absolute Gasteiger partial charge is 0.388 e. The van der Waals surface area contributed by atoms with Crippen LogP contribution >= 0.6 is 0 Å². The molecule has 0 saturated carbocycles. The maximum Gasteiger partial charge on any atom is 0.0992 e. The summed E-state index contributed by atoms with van der Waals surface area (Å²) in [7, 11) is 0. The number of hydrogen-bond donors (Lipinski definition) is 1. The topological polar surface area (TPSA) is 47.3 Å². The van der Waals surface area contributed by atoms with Crippen molar-refractivity contribution in [1.82, 2.24) is 0 Å². The Morgan fingerprint density at radius 1 is 1.53 bits per heavy atom. The van der Waals surface area contributed by atoms with Crippen molar-refractivity contribution in [3.63, 3.8) is 0 Å². The predicted octanol–water partition coefficient (Wildman–Crippen LogP) is 1.52. The molecule has 1 unspecified atom stereocenters. The molecule has 0 radical (unpaired) electrons. The van der Waals surface area contributed by atoms with Crippen molar-refractivity contribution >= 4 is 5.69 Å². The van der Waals surface area contributed by atoms with Crippen LogP contribution < -0.4 is 4.90 Å². The molecule has 0 aliphatic carbocycles. The normalized spacial score (nSPS) is 25.3. The molecular weight excluding hydrogens is 188 g/mol. The summed E-state index contributed by atoms with van der Waals surface area (Å²) in [6, 6.07) is 9.62.